The number of ketones is 1. The molecule has 0 spiro atoms. The van der Waals surface area contributed by atoms with Crippen LogP contribution < -0.4 is 4.74 Å². The van der Waals surface area contributed by atoms with Crippen LogP contribution in [0.1, 0.15) is 42.4 Å². The van der Waals surface area contributed by atoms with E-state index in [1.54, 1.807) is 23.1 Å². The molecule has 1 aliphatic rings. The first-order chi connectivity index (χ1) is 17.8. The number of aryl methyl sites for hydroxylation is 2. The summed E-state index contributed by atoms with van der Waals surface area (Å²) in [5, 5.41) is 11.5. The first kappa shape index (κ1) is 26.2. The first-order valence-corrected chi connectivity index (χ1v) is 12.6. The predicted molar refractivity (Wildman–Crippen MR) is 144 cm³/mol. The third-order valence-corrected chi connectivity index (χ3v) is 6.96. The Hall–Kier alpha value is -3.91. The van der Waals surface area contributed by atoms with E-state index >= 15 is 0 Å². The maximum absolute atomic E-state index is 13.4. The molecule has 0 radical (unpaired) electrons. The molecule has 2 aromatic heterocycles. The van der Waals surface area contributed by atoms with E-state index in [0.29, 0.717) is 48.0 Å². The lowest BCUT2D eigenvalue weighted by Crippen LogP contribution is -2.38. The summed E-state index contributed by atoms with van der Waals surface area (Å²) in [4.78, 5) is 35.1. The standard InChI is InChI=1S/C29H34N4O4/c1-6-18-37-22-13-11-21(12-14-22)25-23(27(35)29(36)33(25)17-16-31(7-2)8-3)26(34)24-20(5)32-15-9-10-19(4)28(32)30-24/h6,9-15,25,34H,1,7-8,16-18H2,2-5H3. The molecule has 1 aliphatic heterocycles. The molecule has 8 heteroatoms. The number of carbonyl (C=O) groups is 2. The van der Waals surface area contributed by atoms with Gasteiger partial charge in [0.15, 0.2) is 5.76 Å². The van der Waals surface area contributed by atoms with Crippen LogP contribution in [-0.2, 0) is 9.59 Å². The average Bonchev–Trinajstić information content (AvgIpc) is 3.38. The van der Waals surface area contributed by atoms with Gasteiger partial charge in [-0.15, -0.1) is 0 Å². The largest absolute Gasteiger partial charge is 0.505 e. The number of aromatic nitrogens is 2. The summed E-state index contributed by atoms with van der Waals surface area (Å²) < 4.78 is 7.48. The van der Waals surface area contributed by atoms with E-state index < -0.39 is 17.7 Å². The number of hydrogen-bond donors (Lipinski definition) is 1. The number of likely N-dealkylation sites (tertiary alicyclic amines) is 1. The van der Waals surface area contributed by atoms with Crippen molar-refractivity contribution in [1.82, 2.24) is 19.2 Å². The summed E-state index contributed by atoms with van der Waals surface area (Å²) in [6.07, 6.45) is 3.53. The number of fused-ring (bicyclic) bond motifs is 1. The maximum Gasteiger partial charge on any atom is 0.295 e. The number of aliphatic hydroxyl groups is 1. The lowest BCUT2D eigenvalue weighted by Gasteiger charge is -2.28. The van der Waals surface area contributed by atoms with Crippen molar-refractivity contribution in [2.75, 3.05) is 32.8 Å². The monoisotopic (exact) mass is 502 g/mol. The second kappa shape index (κ2) is 11.0. The highest BCUT2D eigenvalue weighted by Crippen LogP contribution is 2.40. The molecule has 194 valence electrons. The van der Waals surface area contributed by atoms with Gasteiger partial charge in [-0.25, -0.2) is 4.98 Å². The van der Waals surface area contributed by atoms with Gasteiger partial charge < -0.3 is 24.0 Å². The van der Waals surface area contributed by atoms with Crippen molar-refractivity contribution >= 4 is 23.1 Å². The molecule has 1 unspecified atom stereocenters. The number of aliphatic hydroxyl groups excluding tert-OH is 1. The van der Waals surface area contributed by atoms with Gasteiger partial charge in [0, 0.05) is 19.3 Å². The highest BCUT2D eigenvalue weighted by molar-refractivity contribution is 6.46. The fraction of sp³-hybridized carbons (Fsp3) is 0.345. The van der Waals surface area contributed by atoms with E-state index in [4.69, 9.17) is 4.74 Å². The van der Waals surface area contributed by atoms with Gasteiger partial charge in [0.1, 0.15) is 23.7 Å². The number of nitrogens with zero attached hydrogens (tertiary/aromatic N) is 4. The molecule has 3 aromatic rings. The third-order valence-electron chi connectivity index (χ3n) is 6.96. The number of Topliss-reactive ketones (excluding diaryl/α,β-unsaturated/α-hetero) is 1. The minimum atomic E-state index is -0.741. The van der Waals surface area contributed by atoms with Gasteiger partial charge in [-0.1, -0.05) is 44.7 Å². The van der Waals surface area contributed by atoms with E-state index in [1.807, 2.05) is 48.7 Å². The Bertz CT molecular complexity index is 1350. The van der Waals surface area contributed by atoms with Crippen LogP contribution >= 0.6 is 0 Å². The molecule has 1 atom stereocenters. The zero-order valence-corrected chi connectivity index (χ0v) is 21.9. The topological polar surface area (TPSA) is 87.4 Å². The highest BCUT2D eigenvalue weighted by atomic mass is 16.5. The van der Waals surface area contributed by atoms with Gasteiger partial charge >= 0.3 is 0 Å². The van der Waals surface area contributed by atoms with Crippen molar-refractivity contribution in [3.05, 3.63) is 83.3 Å². The number of rotatable bonds is 10. The van der Waals surface area contributed by atoms with Crippen LogP contribution in [0, 0.1) is 13.8 Å². The van der Waals surface area contributed by atoms with E-state index in [1.165, 1.54) is 0 Å². The number of pyridine rings is 1. The van der Waals surface area contributed by atoms with Gasteiger partial charge in [-0.2, -0.15) is 0 Å². The number of amides is 1. The molecular formula is C29H34N4O4. The van der Waals surface area contributed by atoms with Gasteiger partial charge in [0.05, 0.1) is 17.3 Å². The van der Waals surface area contributed by atoms with Gasteiger partial charge in [-0.3, -0.25) is 9.59 Å². The molecule has 8 nitrogen and oxygen atoms in total. The van der Waals surface area contributed by atoms with E-state index in [0.717, 1.165) is 18.7 Å². The third kappa shape index (κ3) is 4.89. The summed E-state index contributed by atoms with van der Waals surface area (Å²) in [6, 6.07) is 10.3. The number of benzene rings is 1. The van der Waals surface area contributed by atoms with E-state index in [-0.39, 0.29) is 11.3 Å². The molecule has 1 aromatic carbocycles. The van der Waals surface area contributed by atoms with Gasteiger partial charge in [0.25, 0.3) is 11.7 Å². The normalized spacial score (nSPS) is 17.2. The Morgan fingerprint density at radius 1 is 1.16 bits per heavy atom. The molecule has 1 amide bonds. The zero-order valence-electron chi connectivity index (χ0n) is 21.9. The molecule has 1 N–H and O–H groups in total. The maximum atomic E-state index is 13.4. The number of likely N-dealkylation sites (N-methyl/N-ethyl adjacent to an activating group) is 1. The molecule has 0 aliphatic carbocycles. The Kier molecular flexibility index (Phi) is 7.78. The molecule has 0 saturated carbocycles. The van der Waals surface area contributed by atoms with Crippen LogP contribution in [0.25, 0.3) is 11.4 Å². The number of hydrogen-bond acceptors (Lipinski definition) is 6. The van der Waals surface area contributed by atoms with Crippen molar-refractivity contribution in [2.24, 2.45) is 0 Å². The summed E-state index contributed by atoms with van der Waals surface area (Å²) in [5.74, 6) is -0.942. The molecule has 3 heterocycles. The average molecular weight is 503 g/mol. The summed E-state index contributed by atoms with van der Waals surface area (Å²) in [5.41, 5.74) is 3.38. The zero-order chi connectivity index (χ0) is 26.7. The molecule has 1 saturated heterocycles. The Balaban J connectivity index is 1.83. The van der Waals surface area contributed by atoms with Crippen molar-refractivity contribution in [1.29, 1.82) is 0 Å². The first-order valence-electron chi connectivity index (χ1n) is 12.6. The van der Waals surface area contributed by atoms with E-state index in [2.05, 4.69) is 30.3 Å². The van der Waals surface area contributed by atoms with Crippen LogP contribution in [-0.4, -0.2) is 68.8 Å². The number of carbonyl (C=O) groups excluding carboxylic acids is 2. The second-order valence-corrected chi connectivity index (χ2v) is 9.12. The smallest absolute Gasteiger partial charge is 0.295 e. The summed E-state index contributed by atoms with van der Waals surface area (Å²) in [7, 11) is 0. The second-order valence-electron chi connectivity index (χ2n) is 9.12. The number of imidazole rings is 1. The molecule has 1 fully saturated rings. The van der Waals surface area contributed by atoms with Gasteiger partial charge in [-0.05, 0) is 56.3 Å². The fourth-order valence-electron chi connectivity index (χ4n) is 4.82. The van der Waals surface area contributed by atoms with Crippen LogP contribution in [0.3, 0.4) is 0 Å². The van der Waals surface area contributed by atoms with Crippen molar-refractivity contribution in [3.63, 3.8) is 0 Å². The summed E-state index contributed by atoms with van der Waals surface area (Å²) in [6.45, 7) is 14.6. The van der Waals surface area contributed by atoms with Crippen LogP contribution in [0.2, 0.25) is 0 Å². The molecular weight excluding hydrogens is 468 g/mol. The van der Waals surface area contributed by atoms with Crippen LogP contribution in [0.4, 0.5) is 0 Å². The van der Waals surface area contributed by atoms with Crippen molar-refractivity contribution in [3.8, 4) is 5.75 Å². The Morgan fingerprint density at radius 2 is 1.86 bits per heavy atom. The summed E-state index contributed by atoms with van der Waals surface area (Å²) >= 11 is 0. The minimum Gasteiger partial charge on any atom is -0.505 e. The lowest BCUT2D eigenvalue weighted by molar-refractivity contribution is -0.140. The Labute approximate surface area is 217 Å². The fourth-order valence-corrected chi connectivity index (χ4v) is 4.82. The van der Waals surface area contributed by atoms with Crippen molar-refractivity contribution in [2.45, 2.75) is 33.7 Å². The lowest BCUT2D eigenvalue weighted by atomic mass is 9.96. The van der Waals surface area contributed by atoms with Crippen molar-refractivity contribution < 1.29 is 19.4 Å². The molecule has 4 rings (SSSR count). The van der Waals surface area contributed by atoms with Crippen LogP contribution in [0.15, 0.2) is 60.8 Å². The highest BCUT2D eigenvalue weighted by Gasteiger charge is 2.46. The SMILES string of the molecule is C=CCOc1ccc(C2C(=C(O)c3nc4c(C)cccn4c3C)C(=O)C(=O)N2CCN(CC)CC)cc1. The molecule has 0 bridgehead atoms. The number of ether oxygens (including phenoxy) is 1. The minimum absolute atomic E-state index is 0.0495. The van der Waals surface area contributed by atoms with Gasteiger partial charge in [0.2, 0.25) is 0 Å². The Morgan fingerprint density at radius 3 is 2.49 bits per heavy atom. The van der Waals surface area contributed by atoms with E-state index in [9.17, 15) is 14.7 Å². The molecule has 37 heavy (non-hydrogen) atoms. The quantitative estimate of drug-likeness (QED) is 0.193. The predicted octanol–water partition coefficient (Wildman–Crippen LogP) is 4.28. The van der Waals surface area contributed by atoms with Crippen LogP contribution in [0.5, 0.6) is 5.75 Å².